The zero-order valence-electron chi connectivity index (χ0n) is 13.7. The van der Waals surface area contributed by atoms with Gasteiger partial charge in [-0.2, -0.15) is 0 Å². The first-order valence-corrected chi connectivity index (χ1v) is 8.62. The maximum Gasteiger partial charge on any atom is 0.0706 e. The zero-order chi connectivity index (χ0) is 14.3. The highest BCUT2D eigenvalue weighted by Gasteiger charge is 2.46. The van der Waals surface area contributed by atoms with Crippen LogP contribution in [-0.4, -0.2) is 48.3 Å². The average Bonchev–Trinajstić information content (AvgIpc) is 3.15. The Morgan fingerprint density at radius 1 is 1.25 bits per heavy atom. The number of piperazine rings is 1. The molecular formula is C17H32N2O. The highest BCUT2D eigenvalue weighted by molar-refractivity contribution is 5.04. The predicted molar refractivity (Wildman–Crippen MR) is 82.9 cm³/mol. The molecule has 1 saturated carbocycles. The molecule has 0 aromatic heterocycles. The average molecular weight is 280 g/mol. The monoisotopic (exact) mass is 280 g/mol. The Hall–Kier alpha value is -0.120. The van der Waals surface area contributed by atoms with Crippen molar-refractivity contribution >= 4 is 0 Å². The fourth-order valence-electron chi connectivity index (χ4n) is 4.19. The molecule has 3 rings (SSSR count). The van der Waals surface area contributed by atoms with Gasteiger partial charge in [-0.15, -0.1) is 0 Å². The molecule has 3 nitrogen and oxygen atoms in total. The summed E-state index contributed by atoms with van der Waals surface area (Å²) in [5, 5.41) is 3.87. The molecule has 0 radical (unpaired) electrons. The summed E-state index contributed by atoms with van der Waals surface area (Å²) in [5.74, 6) is 1.62. The maximum atomic E-state index is 6.07. The third-order valence-corrected chi connectivity index (χ3v) is 5.72. The molecule has 1 N–H and O–H groups in total. The lowest BCUT2D eigenvalue weighted by molar-refractivity contribution is -0.0121. The van der Waals surface area contributed by atoms with Crippen LogP contribution in [0.4, 0.5) is 0 Å². The Balaban J connectivity index is 1.65. The standard InChI is InChI=1S/C17H32N2O/c1-12(2)16-9-18-17(4,14-6-7-14)11-19(16)10-15-8-5-13(3)20-15/h12-16,18H,5-11H2,1-4H3. The summed E-state index contributed by atoms with van der Waals surface area (Å²) in [6, 6.07) is 0.668. The van der Waals surface area contributed by atoms with Crippen molar-refractivity contribution in [3.05, 3.63) is 0 Å². The predicted octanol–water partition coefficient (Wildman–Crippen LogP) is 2.65. The zero-order valence-corrected chi connectivity index (χ0v) is 13.7. The Morgan fingerprint density at radius 3 is 2.55 bits per heavy atom. The van der Waals surface area contributed by atoms with Gasteiger partial charge in [0.15, 0.2) is 0 Å². The van der Waals surface area contributed by atoms with Crippen LogP contribution in [0.3, 0.4) is 0 Å². The van der Waals surface area contributed by atoms with Crippen LogP contribution in [0.1, 0.15) is 53.4 Å². The number of rotatable bonds is 4. The second kappa shape index (κ2) is 5.58. The van der Waals surface area contributed by atoms with Gasteiger partial charge in [-0.1, -0.05) is 13.8 Å². The van der Waals surface area contributed by atoms with E-state index in [4.69, 9.17) is 4.74 Å². The van der Waals surface area contributed by atoms with E-state index in [1.807, 2.05) is 0 Å². The van der Waals surface area contributed by atoms with Gasteiger partial charge in [0.25, 0.3) is 0 Å². The summed E-state index contributed by atoms with van der Waals surface area (Å²) in [5.41, 5.74) is 0.343. The van der Waals surface area contributed by atoms with Gasteiger partial charge in [0, 0.05) is 31.2 Å². The highest BCUT2D eigenvalue weighted by Crippen LogP contribution is 2.42. The van der Waals surface area contributed by atoms with Gasteiger partial charge in [0.2, 0.25) is 0 Å². The van der Waals surface area contributed by atoms with Crippen LogP contribution in [-0.2, 0) is 4.74 Å². The number of nitrogens with one attached hydrogen (secondary N) is 1. The minimum atomic E-state index is 0.343. The number of hydrogen-bond acceptors (Lipinski definition) is 3. The molecule has 4 atom stereocenters. The van der Waals surface area contributed by atoms with Crippen molar-refractivity contribution in [1.29, 1.82) is 0 Å². The largest absolute Gasteiger partial charge is 0.374 e. The minimum absolute atomic E-state index is 0.343. The molecule has 1 aliphatic carbocycles. The molecule has 116 valence electrons. The molecule has 0 spiro atoms. The molecule has 2 saturated heterocycles. The van der Waals surface area contributed by atoms with Crippen LogP contribution >= 0.6 is 0 Å². The second-order valence-corrected chi connectivity index (χ2v) is 7.96. The molecule has 20 heavy (non-hydrogen) atoms. The summed E-state index contributed by atoms with van der Waals surface area (Å²) in [6.07, 6.45) is 6.25. The topological polar surface area (TPSA) is 24.5 Å². The van der Waals surface area contributed by atoms with Crippen LogP contribution in [0, 0.1) is 11.8 Å². The van der Waals surface area contributed by atoms with E-state index in [-0.39, 0.29) is 0 Å². The lowest BCUT2D eigenvalue weighted by Crippen LogP contribution is -2.66. The van der Waals surface area contributed by atoms with E-state index in [0.29, 0.717) is 29.7 Å². The van der Waals surface area contributed by atoms with E-state index >= 15 is 0 Å². The molecule has 3 heteroatoms. The van der Waals surface area contributed by atoms with Crippen molar-refractivity contribution in [3.63, 3.8) is 0 Å². The van der Waals surface area contributed by atoms with Gasteiger partial charge in [-0.3, -0.25) is 4.90 Å². The third kappa shape index (κ3) is 3.05. The van der Waals surface area contributed by atoms with Crippen molar-refractivity contribution in [2.24, 2.45) is 11.8 Å². The van der Waals surface area contributed by atoms with E-state index in [0.717, 1.165) is 19.0 Å². The summed E-state index contributed by atoms with van der Waals surface area (Å²) in [6.45, 7) is 12.9. The van der Waals surface area contributed by atoms with Crippen LogP contribution in [0.15, 0.2) is 0 Å². The molecule has 2 heterocycles. The number of ether oxygens (including phenoxy) is 1. The SMILES string of the molecule is CC1CCC(CN2CC(C)(C3CC3)NCC2C(C)C)O1. The van der Waals surface area contributed by atoms with Crippen molar-refractivity contribution in [1.82, 2.24) is 10.2 Å². The van der Waals surface area contributed by atoms with Crippen molar-refractivity contribution < 1.29 is 4.74 Å². The molecule has 3 aliphatic rings. The first-order chi connectivity index (χ1) is 9.48. The molecule has 2 aliphatic heterocycles. The Bertz CT molecular complexity index is 342. The van der Waals surface area contributed by atoms with Gasteiger partial charge in [-0.05, 0) is 51.4 Å². The van der Waals surface area contributed by atoms with E-state index in [1.165, 1.54) is 32.2 Å². The first-order valence-electron chi connectivity index (χ1n) is 8.62. The van der Waals surface area contributed by atoms with Gasteiger partial charge in [0.05, 0.1) is 12.2 Å². The molecule has 3 fully saturated rings. The number of hydrogen-bond donors (Lipinski definition) is 1. The summed E-state index contributed by atoms with van der Waals surface area (Å²) >= 11 is 0. The second-order valence-electron chi connectivity index (χ2n) is 7.96. The summed E-state index contributed by atoms with van der Waals surface area (Å²) < 4.78 is 6.07. The molecule has 0 aromatic carbocycles. The van der Waals surface area contributed by atoms with Gasteiger partial charge in [-0.25, -0.2) is 0 Å². The summed E-state index contributed by atoms with van der Waals surface area (Å²) in [4.78, 5) is 2.74. The summed E-state index contributed by atoms with van der Waals surface area (Å²) in [7, 11) is 0. The highest BCUT2D eigenvalue weighted by atomic mass is 16.5. The van der Waals surface area contributed by atoms with Crippen LogP contribution < -0.4 is 5.32 Å². The minimum Gasteiger partial charge on any atom is -0.374 e. The molecule has 0 aromatic rings. The Kier molecular flexibility index (Phi) is 4.13. The van der Waals surface area contributed by atoms with E-state index in [9.17, 15) is 0 Å². The van der Waals surface area contributed by atoms with E-state index < -0.39 is 0 Å². The molecule has 0 bridgehead atoms. The van der Waals surface area contributed by atoms with Gasteiger partial charge in [0.1, 0.15) is 0 Å². The van der Waals surface area contributed by atoms with Crippen LogP contribution in [0.5, 0.6) is 0 Å². The van der Waals surface area contributed by atoms with Crippen molar-refractivity contribution in [2.45, 2.75) is 77.2 Å². The molecule has 0 amide bonds. The maximum absolute atomic E-state index is 6.07. The van der Waals surface area contributed by atoms with Crippen LogP contribution in [0.25, 0.3) is 0 Å². The lowest BCUT2D eigenvalue weighted by atomic mass is 9.88. The van der Waals surface area contributed by atoms with E-state index in [1.54, 1.807) is 0 Å². The first kappa shape index (κ1) is 14.8. The third-order valence-electron chi connectivity index (χ3n) is 5.72. The molecule has 4 unspecified atom stereocenters. The molecular weight excluding hydrogens is 248 g/mol. The fraction of sp³-hybridized carbons (Fsp3) is 1.00. The Labute approximate surface area is 124 Å². The number of nitrogens with zero attached hydrogens (tertiary/aromatic N) is 1. The van der Waals surface area contributed by atoms with Gasteiger partial charge >= 0.3 is 0 Å². The van der Waals surface area contributed by atoms with Crippen molar-refractivity contribution in [3.8, 4) is 0 Å². The normalized spacial score (nSPS) is 43.4. The Morgan fingerprint density at radius 2 is 2.00 bits per heavy atom. The van der Waals surface area contributed by atoms with E-state index in [2.05, 4.69) is 37.9 Å². The lowest BCUT2D eigenvalue weighted by Gasteiger charge is -2.48. The van der Waals surface area contributed by atoms with Crippen LogP contribution in [0.2, 0.25) is 0 Å². The van der Waals surface area contributed by atoms with Crippen molar-refractivity contribution in [2.75, 3.05) is 19.6 Å². The van der Waals surface area contributed by atoms with Gasteiger partial charge < -0.3 is 10.1 Å². The smallest absolute Gasteiger partial charge is 0.0706 e. The fourth-order valence-corrected chi connectivity index (χ4v) is 4.19. The quantitative estimate of drug-likeness (QED) is 0.857.